The minimum absolute atomic E-state index is 0.279. The highest BCUT2D eigenvalue weighted by molar-refractivity contribution is 5.79. The van der Waals surface area contributed by atoms with Gasteiger partial charge in [-0.15, -0.1) is 0 Å². The highest BCUT2D eigenvalue weighted by Gasteiger charge is 2.27. The molecule has 2 aromatic rings. The number of piperazine rings is 1. The monoisotopic (exact) mass is 447 g/mol. The van der Waals surface area contributed by atoms with Gasteiger partial charge in [-0.2, -0.15) is 0 Å². The van der Waals surface area contributed by atoms with Crippen LogP contribution < -0.4 is 4.90 Å². The van der Waals surface area contributed by atoms with E-state index in [9.17, 15) is 4.79 Å². The van der Waals surface area contributed by atoms with E-state index in [0.717, 1.165) is 77.3 Å². The molecule has 4 heterocycles. The predicted octanol–water partition coefficient (Wildman–Crippen LogP) is 3.03. The Kier molecular flexibility index (Phi) is 7.22. The van der Waals surface area contributed by atoms with E-state index in [2.05, 4.69) is 56.1 Å². The van der Waals surface area contributed by atoms with E-state index in [-0.39, 0.29) is 5.91 Å². The van der Waals surface area contributed by atoms with E-state index < -0.39 is 0 Å². The summed E-state index contributed by atoms with van der Waals surface area (Å²) in [6.45, 7) is 9.66. The van der Waals surface area contributed by atoms with Crippen LogP contribution in [0.2, 0.25) is 0 Å². The number of benzene rings is 1. The molecule has 1 amide bonds. The Morgan fingerprint density at radius 3 is 2.24 bits per heavy atom. The second-order valence-electron chi connectivity index (χ2n) is 9.78. The molecule has 3 fully saturated rings. The summed E-state index contributed by atoms with van der Waals surface area (Å²) >= 11 is 0. The second kappa shape index (κ2) is 10.7. The molecule has 1 aromatic carbocycles. The molecule has 5 rings (SSSR count). The maximum Gasteiger partial charge on any atom is 0.226 e. The first kappa shape index (κ1) is 22.4. The molecule has 3 saturated heterocycles. The van der Waals surface area contributed by atoms with Gasteiger partial charge in [0, 0.05) is 76.8 Å². The number of hydrogen-bond donors (Lipinski definition) is 0. The number of carbonyl (C=O) groups excluding carboxylic acids is 1. The second-order valence-corrected chi connectivity index (χ2v) is 9.78. The van der Waals surface area contributed by atoms with Gasteiger partial charge in [-0.1, -0.05) is 18.2 Å². The van der Waals surface area contributed by atoms with E-state index in [1.807, 2.05) is 17.2 Å². The van der Waals surface area contributed by atoms with Gasteiger partial charge in [0.25, 0.3) is 0 Å². The topological polar surface area (TPSA) is 42.9 Å². The van der Waals surface area contributed by atoms with Crippen molar-refractivity contribution in [3.8, 4) is 0 Å². The summed E-state index contributed by atoms with van der Waals surface area (Å²) in [4.78, 5) is 26.6. The third-order valence-electron chi connectivity index (χ3n) is 7.62. The molecule has 6 nitrogen and oxygen atoms in total. The van der Waals surface area contributed by atoms with Crippen LogP contribution in [-0.4, -0.2) is 84.0 Å². The summed E-state index contributed by atoms with van der Waals surface area (Å²) in [7, 11) is 0. The predicted molar refractivity (Wildman–Crippen MR) is 132 cm³/mol. The molecule has 0 atom stereocenters. The first-order valence-corrected chi connectivity index (χ1v) is 12.7. The molecule has 176 valence electrons. The maximum absolute atomic E-state index is 12.4. The molecule has 0 bridgehead atoms. The van der Waals surface area contributed by atoms with Crippen molar-refractivity contribution in [1.29, 1.82) is 0 Å². The number of amides is 1. The van der Waals surface area contributed by atoms with Crippen molar-refractivity contribution >= 4 is 11.6 Å². The number of pyridine rings is 1. The number of carbonyl (C=O) groups is 1. The van der Waals surface area contributed by atoms with Crippen molar-refractivity contribution in [2.45, 2.75) is 44.7 Å². The zero-order valence-corrected chi connectivity index (χ0v) is 19.7. The minimum Gasteiger partial charge on any atom is -0.371 e. The Bertz CT molecular complexity index is 880. The molecule has 3 aliphatic rings. The van der Waals surface area contributed by atoms with Gasteiger partial charge in [-0.05, 0) is 55.5 Å². The van der Waals surface area contributed by atoms with Gasteiger partial charge in [0.15, 0.2) is 0 Å². The first-order chi connectivity index (χ1) is 16.2. The van der Waals surface area contributed by atoms with Gasteiger partial charge in [0.05, 0.1) is 12.1 Å². The SMILES string of the molecule is O=C(Cc1ccc(N2CCC(N3CCN(Cc4ccccn4)CC3)CC2)cc1)N1CCCC1. The molecule has 0 N–H and O–H groups in total. The third kappa shape index (κ3) is 5.74. The standard InChI is InChI=1S/C27H37N5O/c33-27(32-13-3-4-14-32)21-23-6-8-25(9-7-23)30-15-10-26(11-16-30)31-19-17-29(18-20-31)22-24-5-1-2-12-28-24/h1-2,5-9,12,26H,3-4,10-11,13-22H2. The van der Waals surface area contributed by atoms with Crippen LogP contribution in [0, 0.1) is 0 Å². The molecule has 6 heteroatoms. The number of likely N-dealkylation sites (tertiary alicyclic amines) is 1. The van der Waals surface area contributed by atoms with E-state index in [0.29, 0.717) is 12.5 Å². The lowest BCUT2D eigenvalue weighted by atomic mass is 10.0. The van der Waals surface area contributed by atoms with Crippen molar-refractivity contribution in [3.05, 3.63) is 59.9 Å². The molecule has 0 spiro atoms. The molecule has 0 aliphatic carbocycles. The van der Waals surface area contributed by atoms with Crippen LogP contribution in [0.5, 0.6) is 0 Å². The van der Waals surface area contributed by atoms with Crippen molar-refractivity contribution in [1.82, 2.24) is 19.7 Å². The third-order valence-corrected chi connectivity index (χ3v) is 7.62. The quantitative estimate of drug-likeness (QED) is 0.681. The average molecular weight is 448 g/mol. The minimum atomic E-state index is 0.279. The fourth-order valence-corrected chi connectivity index (χ4v) is 5.57. The van der Waals surface area contributed by atoms with Gasteiger partial charge in [0.2, 0.25) is 5.91 Å². The number of nitrogens with zero attached hydrogens (tertiary/aromatic N) is 5. The lowest BCUT2D eigenvalue weighted by Crippen LogP contribution is -2.53. The van der Waals surface area contributed by atoms with E-state index in [4.69, 9.17) is 0 Å². The molecule has 0 radical (unpaired) electrons. The molecule has 0 unspecified atom stereocenters. The summed E-state index contributed by atoms with van der Waals surface area (Å²) in [6.07, 6.45) is 7.20. The van der Waals surface area contributed by atoms with Crippen molar-refractivity contribution in [3.63, 3.8) is 0 Å². The molecule has 0 saturated carbocycles. The van der Waals surface area contributed by atoms with Gasteiger partial charge in [0.1, 0.15) is 0 Å². The van der Waals surface area contributed by atoms with Crippen LogP contribution in [0.4, 0.5) is 5.69 Å². The molecular formula is C27H37N5O. The Labute approximate surface area is 198 Å². The number of piperidine rings is 1. The smallest absolute Gasteiger partial charge is 0.226 e. The Morgan fingerprint density at radius 2 is 1.58 bits per heavy atom. The summed E-state index contributed by atoms with van der Waals surface area (Å²) in [5.74, 6) is 0.279. The van der Waals surface area contributed by atoms with Gasteiger partial charge < -0.3 is 9.80 Å². The number of rotatable bonds is 6. The van der Waals surface area contributed by atoms with Crippen LogP contribution in [-0.2, 0) is 17.8 Å². The first-order valence-electron chi connectivity index (χ1n) is 12.7. The molecular weight excluding hydrogens is 410 g/mol. The fraction of sp³-hybridized carbons (Fsp3) is 0.556. The summed E-state index contributed by atoms with van der Waals surface area (Å²) < 4.78 is 0. The van der Waals surface area contributed by atoms with E-state index in [1.54, 1.807) is 0 Å². The average Bonchev–Trinajstić information content (AvgIpc) is 3.41. The molecule has 1 aromatic heterocycles. The lowest BCUT2D eigenvalue weighted by Gasteiger charge is -2.43. The van der Waals surface area contributed by atoms with Crippen LogP contribution in [0.1, 0.15) is 36.9 Å². The Balaban J connectivity index is 1.06. The summed E-state index contributed by atoms with van der Waals surface area (Å²) in [5, 5.41) is 0. The van der Waals surface area contributed by atoms with Crippen LogP contribution >= 0.6 is 0 Å². The van der Waals surface area contributed by atoms with Gasteiger partial charge >= 0.3 is 0 Å². The number of hydrogen-bond acceptors (Lipinski definition) is 5. The summed E-state index contributed by atoms with van der Waals surface area (Å²) in [5.41, 5.74) is 3.60. The van der Waals surface area contributed by atoms with Gasteiger partial charge in [-0.3, -0.25) is 19.6 Å². The zero-order chi connectivity index (χ0) is 22.5. The van der Waals surface area contributed by atoms with Crippen molar-refractivity contribution in [2.24, 2.45) is 0 Å². The Hall–Kier alpha value is -2.44. The van der Waals surface area contributed by atoms with E-state index in [1.165, 1.54) is 24.2 Å². The maximum atomic E-state index is 12.4. The lowest BCUT2D eigenvalue weighted by molar-refractivity contribution is -0.129. The van der Waals surface area contributed by atoms with Crippen LogP contribution in [0.3, 0.4) is 0 Å². The number of anilines is 1. The number of aromatic nitrogens is 1. The Morgan fingerprint density at radius 1 is 0.848 bits per heavy atom. The largest absolute Gasteiger partial charge is 0.371 e. The van der Waals surface area contributed by atoms with Crippen LogP contribution in [0.15, 0.2) is 48.7 Å². The highest BCUT2D eigenvalue weighted by atomic mass is 16.2. The van der Waals surface area contributed by atoms with E-state index >= 15 is 0 Å². The highest BCUT2D eigenvalue weighted by Crippen LogP contribution is 2.24. The van der Waals surface area contributed by atoms with Crippen molar-refractivity contribution < 1.29 is 4.79 Å². The normalized spacial score (nSPS) is 21.0. The van der Waals surface area contributed by atoms with Crippen LogP contribution in [0.25, 0.3) is 0 Å². The molecule has 3 aliphatic heterocycles. The zero-order valence-electron chi connectivity index (χ0n) is 19.7. The fourth-order valence-electron chi connectivity index (χ4n) is 5.57. The summed E-state index contributed by atoms with van der Waals surface area (Å²) in [6, 6.07) is 15.6. The van der Waals surface area contributed by atoms with Gasteiger partial charge in [-0.25, -0.2) is 0 Å². The van der Waals surface area contributed by atoms with Crippen molar-refractivity contribution in [2.75, 3.05) is 57.3 Å². The molecule has 33 heavy (non-hydrogen) atoms.